The molecule has 98 valence electrons. The molecule has 3 aliphatic rings. The molecule has 0 amide bonds. The highest BCUT2D eigenvalue weighted by Crippen LogP contribution is 2.66. The number of hydrogen-bond donors (Lipinski definition) is 1. The molecule has 2 aromatic rings. The van der Waals surface area contributed by atoms with E-state index in [9.17, 15) is 0 Å². The normalized spacial score (nSPS) is 38.7. The van der Waals surface area contributed by atoms with E-state index in [2.05, 4.69) is 20.4 Å². The smallest absolute Gasteiger partial charge is 0.163 e. The second-order valence-electron chi connectivity index (χ2n) is 6.39. The van der Waals surface area contributed by atoms with Gasteiger partial charge in [0.05, 0.1) is 11.6 Å². The summed E-state index contributed by atoms with van der Waals surface area (Å²) in [5.74, 6) is 4.77. The van der Waals surface area contributed by atoms with Crippen molar-refractivity contribution in [3.63, 3.8) is 0 Å². The maximum absolute atomic E-state index is 4.42. The fraction of sp³-hybridized carbons (Fsp3) is 0.643. The Morgan fingerprint density at radius 2 is 2.00 bits per heavy atom. The third-order valence-corrected chi connectivity index (χ3v) is 5.57. The van der Waals surface area contributed by atoms with E-state index in [1.165, 1.54) is 19.3 Å². The minimum absolute atomic E-state index is 0.657. The van der Waals surface area contributed by atoms with Gasteiger partial charge < -0.3 is 5.32 Å². The lowest BCUT2D eigenvalue weighted by Crippen LogP contribution is -2.14. The first kappa shape index (κ1) is 10.2. The predicted molar refractivity (Wildman–Crippen MR) is 71.5 cm³/mol. The SMILES string of the molecule is Cn1ncc2c(NC3C4C5CCC(C5)C34)ncnc21. The summed E-state index contributed by atoms with van der Waals surface area (Å²) in [6.45, 7) is 0. The lowest BCUT2D eigenvalue weighted by molar-refractivity contribution is 0.456. The Bertz CT molecular complexity index is 647. The van der Waals surface area contributed by atoms with Gasteiger partial charge in [-0.1, -0.05) is 0 Å². The number of aromatic nitrogens is 4. The first-order valence-electron chi connectivity index (χ1n) is 7.22. The highest BCUT2D eigenvalue weighted by molar-refractivity contribution is 5.86. The molecule has 0 aromatic carbocycles. The lowest BCUT2D eigenvalue weighted by Gasteiger charge is -2.11. The van der Waals surface area contributed by atoms with Gasteiger partial charge >= 0.3 is 0 Å². The fourth-order valence-electron chi connectivity index (χ4n) is 4.75. The van der Waals surface area contributed by atoms with Crippen LogP contribution >= 0.6 is 0 Å². The molecule has 2 bridgehead atoms. The second kappa shape index (κ2) is 3.26. The molecule has 0 radical (unpaired) electrons. The highest BCUT2D eigenvalue weighted by Gasteiger charge is 2.65. The molecule has 5 rings (SSSR count). The number of nitrogens with zero attached hydrogens (tertiary/aromatic N) is 4. The summed E-state index contributed by atoms with van der Waals surface area (Å²) in [6.07, 6.45) is 7.90. The topological polar surface area (TPSA) is 55.6 Å². The van der Waals surface area contributed by atoms with Crippen LogP contribution in [-0.2, 0) is 7.05 Å². The molecule has 3 fully saturated rings. The van der Waals surface area contributed by atoms with Crippen LogP contribution in [0.5, 0.6) is 0 Å². The monoisotopic (exact) mass is 255 g/mol. The van der Waals surface area contributed by atoms with Gasteiger partial charge in [-0.2, -0.15) is 5.10 Å². The van der Waals surface area contributed by atoms with Gasteiger partial charge in [-0.25, -0.2) is 9.97 Å². The Balaban J connectivity index is 1.48. The van der Waals surface area contributed by atoms with E-state index in [1.54, 1.807) is 11.0 Å². The van der Waals surface area contributed by atoms with E-state index >= 15 is 0 Å². The van der Waals surface area contributed by atoms with Gasteiger partial charge in [0.25, 0.3) is 0 Å². The van der Waals surface area contributed by atoms with Crippen LogP contribution in [0.3, 0.4) is 0 Å². The molecule has 5 heteroatoms. The number of nitrogens with one attached hydrogen (secondary N) is 1. The lowest BCUT2D eigenvalue weighted by atomic mass is 10.0. The van der Waals surface area contributed by atoms with E-state index in [0.717, 1.165) is 40.5 Å². The molecule has 5 nitrogen and oxygen atoms in total. The molecular weight excluding hydrogens is 238 g/mol. The van der Waals surface area contributed by atoms with Crippen molar-refractivity contribution in [1.29, 1.82) is 0 Å². The second-order valence-corrected chi connectivity index (χ2v) is 6.39. The summed E-state index contributed by atoms with van der Waals surface area (Å²) in [5.41, 5.74) is 0.909. The van der Waals surface area contributed by atoms with Crippen molar-refractivity contribution < 1.29 is 0 Å². The van der Waals surface area contributed by atoms with E-state index in [0.29, 0.717) is 6.04 Å². The van der Waals surface area contributed by atoms with Crippen LogP contribution in [-0.4, -0.2) is 25.8 Å². The summed E-state index contributed by atoms with van der Waals surface area (Å²) >= 11 is 0. The van der Waals surface area contributed by atoms with Gasteiger partial charge in [-0.15, -0.1) is 0 Å². The van der Waals surface area contributed by atoms with Gasteiger partial charge in [0.15, 0.2) is 5.65 Å². The first-order valence-corrected chi connectivity index (χ1v) is 7.22. The van der Waals surface area contributed by atoms with Crippen molar-refractivity contribution in [3.8, 4) is 0 Å². The first-order chi connectivity index (χ1) is 9.33. The Morgan fingerprint density at radius 3 is 2.79 bits per heavy atom. The molecule has 0 spiro atoms. The zero-order valence-corrected chi connectivity index (χ0v) is 11.0. The van der Waals surface area contributed by atoms with Crippen LogP contribution in [0, 0.1) is 23.7 Å². The average Bonchev–Trinajstić information content (AvgIpc) is 2.82. The van der Waals surface area contributed by atoms with Crippen LogP contribution in [0.15, 0.2) is 12.5 Å². The van der Waals surface area contributed by atoms with E-state index in [1.807, 2.05) is 13.2 Å². The van der Waals surface area contributed by atoms with Crippen molar-refractivity contribution in [1.82, 2.24) is 19.7 Å². The van der Waals surface area contributed by atoms with Gasteiger partial charge in [-0.05, 0) is 42.9 Å². The van der Waals surface area contributed by atoms with E-state index in [-0.39, 0.29) is 0 Å². The number of fused-ring (bicyclic) bond motifs is 6. The zero-order chi connectivity index (χ0) is 12.6. The Kier molecular flexibility index (Phi) is 1.75. The van der Waals surface area contributed by atoms with Crippen molar-refractivity contribution in [2.24, 2.45) is 30.7 Å². The summed E-state index contributed by atoms with van der Waals surface area (Å²) < 4.78 is 1.81. The molecule has 3 saturated carbocycles. The van der Waals surface area contributed by atoms with Crippen LogP contribution in [0.4, 0.5) is 5.82 Å². The molecule has 0 aliphatic heterocycles. The van der Waals surface area contributed by atoms with Gasteiger partial charge in [0.2, 0.25) is 0 Å². The molecular formula is C14H17N5. The number of anilines is 1. The van der Waals surface area contributed by atoms with Crippen molar-refractivity contribution >= 4 is 16.9 Å². The fourth-order valence-corrected chi connectivity index (χ4v) is 4.75. The summed E-state index contributed by atoms with van der Waals surface area (Å²) in [7, 11) is 1.92. The number of aryl methyl sites for hydroxylation is 1. The third kappa shape index (κ3) is 1.23. The van der Waals surface area contributed by atoms with Crippen LogP contribution in [0.1, 0.15) is 19.3 Å². The van der Waals surface area contributed by atoms with Gasteiger partial charge in [0.1, 0.15) is 12.1 Å². The summed E-state index contributed by atoms with van der Waals surface area (Å²) in [5, 5.41) is 8.99. The minimum Gasteiger partial charge on any atom is -0.366 e. The average molecular weight is 255 g/mol. The summed E-state index contributed by atoms with van der Waals surface area (Å²) in [4.78, 5) is 8.72. The largest absolute Gasteiger partial charge is 0.366 e. The van der Waals surface area contributed by atoms with E-state index < -0.39 is 0 Å². The van der Waals surface area contributed by atoms with Crippen molar-refractivity contribution in [2.75, 3.05) is 5.32 Å². The van der Waals surface area contributed by atoms with Crippen molar-refractivity contribution in [2.45, 2.75) is 25.3 Å². The number of rotatable bonds is 2. The zero-order valence-electron chi connectivity index (χ0n) is 11.0. The molecule has 2 aromatic heterocycles. The van der Waals surface area contributed by atoms with Crippen molar-refractivity contribution in [3.05, 3.63) is 12.5 Å². The van der Waals surface area contributed by atoms with E-state index in [4.69, 9.17) is 0 Å². The quantitative estimate of drug-likeness (QED) is 0.889. The number of hydrogen-bond acceptors (Lipinski definition) is 4. The Labute approximate surface area is 111 Å². The predicted octanol–water partition coefficient (Wildman–Crippen LogP) is 1.82. The maximum Gasteiger partial charge on any atom is 0.163 e. The molecule has 19 heavy (non-hydrogen) atoms. The molecule has 2 heterocycles. The van der Waals surface area contributed by atoms with Gasteiger partial charge in [0, 0.05) is 13.1 Å². The third-order valence-electron chi connectivity index (χ3n) is 5.57. The van der Waals surface area contributed by atoms with Gasteiger partial charge in [-0.3, -0.25) is 4.68 Å². The Morgan fingerprint density at radius 1 is 1.21 bits per heavy atom. The minimum atomic E-state index is 0.657. The standard InChI is InChI=1S/C14H17N5/c1-19-14-9(5-17-19)13(15-6-16-14)18-12-10-7-2-3-8(4-7)11(10)12/h5-8,10-12H,2-4H2,1H3,(H,15,16,18). The molecule has 0 saturated heterocycles. The molecule has 3 aliphatic carbocycles. The molecule has 1 N–H and O–H groups in total. The summed E-state index contributed by atoms with van der Waals surface area (Å²) in [6, 6.07) is 0.657. The molecule has 4 unspecified atom stereocenters. The Hall–Kier alpha value is -1.65. The van der Waals surface area contributed by atoms with Crippen LogP contribution in [0.25, 0.3) is 11.0 Å². The maximum atomic E-state index is 4.42. The van der Waals surface area contributed by atoms with Crippen LogP contribution < -0.4 is 5.32 Å². The van der Waals surface area contributed by atoms with Crippen LogP contribution in [0.2, 0.25) is 0 Å². The molecule has 4 atom stereocenters. The highest BCUT2D eigenvalue weighted by atomic mass is 15.3.